The maximum absolute atomic E-state index is 12.1. The van der Waals surface area contributed by atoms with Gasteiger partial charge in [0.25, 0.3) is 23.6 Å². The summed E-state index contributed by atoms with van der Waals surface area (Å²) in [5.41, 5.74) is 0.677. The van der Waals surface area contributed by atoms with E-state index < -0.39 is 23.6 Å². The Morgan fingerprint density at radius 3 is 1.12 bits per heavy atom. The molecule has 0 saturated heterocycles. The van der Waals surface area contributed by atoms with E-state index in [-0.39, 0.29) is 0 Å². The summed E-state index contributed by atoms with van der Waals surface area (Å²) in [6, 6.07) is 20.1. The molecule has 0 aromatic heterocycles. The predicted octanol–water partition coefficient (Wildman–Crippen LogP) is 4.13. The molecule has 0 aliphatic carbocycles. The monoisotopic (exact) mass is 452 g/mol. The van der Waals surface area contributed by atoms with Crippen molar-refractivity contribution >= 4 is 35.0 Å². The number of imide groups is 2. The Morgan fingerprint density at radius 2 is 0.765 bits per heavy atom. The maximum Gasteiger partial charge on any atom is 0.258 e. The molecule has 0 bridgehead atoms. The minimum atomic E-state index is -0.436. The first-order valence-corrected chi connectivity index (χ1v) is 10.3. The molecule has 3 aromatic carbocycles. The normalized spacial score (nSPS) is 14.9. The highest BCUT2D eigenvalue weighted by atomic mass is 16.5. The summed E-state index contributed by atoms with van der Waals surface area (Å²) < 4.78 is 11.8. The SMILES string of the molecule is O=C1C=CC(=O)N1c1ccccc1Oc1ccc(Oc2ccccc2N2C(=O)C=CC2=O)cc1. The second kappa shape index (κ2) is 8.51. The second-order valence-corrected chi connectivity index (χ2v) is 7.30. The fourth-order valence-corrected chi connectivity index (χ4v) is 3.56. The molecule has 8 nitrogen and oxygen atoms in total. The lowest BCUT2D eigenvalue weighted by molar-refractivity contribution is -0.121. The minimum Gasteiger partial charge on any atom is -0.455 e. The summed E-state index contributed by atoms with van der Waals surface area (Å²) in [7, 11) is 0. The number of anilines is 2. The van der Waals surface area contributed by atoms with Gasteiger partial charge in [-0.3, -0.25) is 19.2 Å². The van der Waals surface area contributed by atoms with Crippen LogP contribution in [0, 0.1) is 0 Å². The molecular weight excluding hydrogens is 436 g/mol. The number of carbonyl (C=O) groups excluding carboxylic acids is 4. The first-order valence-electron chi connectivity index (χ1n) is 10.3. The molecule has 0 unspecified atom stereocenters. The average Bonchev–Trinajstić information content (AvgIpc) is 3.36. The largest absolute Gasteiger partial charge is 0.455 e. The average molecular weight is 452 g/mol. The van der Waals surface area contributed by atoms with Crippen LogP contribution in [0.1, 0.15) is 0 Å². The molecule has 2 aliphatic heterocycles. The van der Waals surface area contributed by atoms with Crippen LogP contribution in [0.4, 0.5) is 11.4 Å². The predicted molar refractivity (Wildman–Crippen MR) is 123 cm³/mol. The third-order valence-electron chi connectivity index (χ3n) is 5.11. The number of ether oxygens (including phenoxy) is 2. The quantitative estimate of drug-likeness (QED) is 0.522. The van der Waals surface area contributed by atoms with Crippen molar-refractivity contribution in [2.24, 2.45) is 0 Å². The minimum absolute atomic E-state index is 0.338. The van der Waals surface area contributed by atoms with Gasteiger partial charge >= 0.3 is 0 Å². The van der Waals surface area contributed by atoms with Crippen LogP contribution in [-0.4, -0.2) is 23.6 Å². The van der Waals surface area contributed by atoms with Crippen LogP contribution < -0.4 is 19.3 Å². The molecule has 0 fully saturated rings. The van der Waals surface area contributed by atoms with E-state index in [0.29, 0.717) is 34.4 Å². The van der Waals surface area contributed by atoms with E-state index in [4.69, 9.17) is 9.47 Å². The summed E-state index contributed by atoms with van der Waals surface area (Å²) in [6.45, 7) is 0. The van der Waals surface area contributed by atoms with E-state index in [2.05, 4.69) is 0 Å². The van der Waals surface area contributed by atoms with E-state index in [9.17, 15) is 19.2 Å². The molecule has 0 spiro atoms. The second-order valence-electron chi connectivity index (χ2n) is 7.30. The first kappa shape index (κ1) is 20.9. The number of carbonyl (C=O) groups is 4. The van der Waals surface area contributed by atoms with Gasteiger partial charge in [0.15, 0.2) is 11.5 Å². The van der Waals surface area contributed by atoms with Gasteiger partial charge in [0.2, 0.25) is 0 Å². The van der Waals surface area contributed by atoms with Crippen LogP contribution in [0.2, 0.25) is 0 Å². The van der Waals surface area contributed by atoms with Gasteiger partial charge < -0.3 is 9.47 Å². The van der Waals surface area contributed by atoms with E-state index in [1.165, 1.54) is 24.3 Å². The van der Waals surface area contributed by atoms with Crippen molar-refractivity contribution in [2.45, 2.75) is 0 Å². The Labute approximate surface area is 193 Å². The first-order chi connectivity index (χ1) is 16.5. The van der Waals surface area contributed by atoms with Gasteiger partial charge in [-0.1, -0.05) is 24.3 Å². The lowest BCUT2D eigenvalue weighted by Crippen LogP contribution is -2.29. The van der Waals surface area contributed by atoms with Gasteiger partial charge in [0.05, 0.1) is 11.4 Å². The highest BCUT2D eigenvalue weighted by molar-refractivity contribution is 6.29. The Hall–Kier alpha value is -4.98. The lowest BCUT2D eigenvalue weighted by atomic mass is 10.2. The molecule has 2 aliphatic rings. The van der Waals surface area contributed by atoms with Gasteiger partial charge in [-0.05, 0) is 48.5 Å². The number of para-hydroxylation sites is 4. The van der Waals surface area contributed by atoms with E-state index >= 15 is 0 Å². The number of amides is 4. The Kier molecular flexibility index (Phi) is 5.23. The Morgan fingerprint density at radius 1 is 0.441 bits per heavy atom. The van der Waals surface area contributed by atoms with Crippen LogP contribution in [0.3, 0.4) is 0 Å². The number of nitrogens with zero attached hydrogens (tertiary/aromatic N) is 2. The van der Waals surface area contributed by atoms with Gasteiger partial charge in [-0.15, -0.1) is 0 Å². The van der Waals surface area contributed by atoms with Crippen LogP contribution >= 0.6 is 0 Å². The van der Waals surface area contributed by atoms with Gasteiger partial charge in [-0.2, -0.15) is 0 Å². The molecule has 8 heteroatoms. The molecular formula is C26H16N2O6. The van der Waals surface area contributed by atoms with Crippen LogP contribution in [0.5, 0.6) is 23.0 Å². The standard InChI is InChI=1S/C26H16N2O6/c29-23-13-14-24(30)27(23)19-5-1-3-7-21(19)33-17-9-11-18(12-10-17)34-22-8-4-2-6-20(22)28-25(31)15-16-26(28)32/h1-16H. The van der Waals surface area contributed by atoms with Crippen molar-refractivity contribution in [3.8, 4) is 23.0 Å². The van der Waals surface area contributed by atoms with Crippen molar-refractivity contribution < 1.29 is 28.7 Å². The molecule has 0 N–H and O–H groups in total. The van der Waals surface area contributed by atoms with Crippen molar-refractivity contribution in [3.05, 3.63) is 97.1 Å². The fraction of sp³-hybridized carbons (Fsp3) is 0. The fourth-order valence-electron chi connectivity index (χ4n) is 3.56. The Bertz CT molecular complexity index is 1250. The number of rotatable bonds is 6. The molecule has 34 heavy (non-hydrogen) atoms. The molecule has 4 amide bonds. The van der Waals surface area contributed by atoms with Crippen LogP contribution in [-0.2, 0) is 19.2 Å². The smallest absolute Gasteiger partial charge is 0.258 e. The van der Waals surface area contributed by atoms with Crippen molar-refractivity contribution in [2.75, 3.05) is 9.80 Å². The third kappa shape index (κ3) is 3.84. The summed E-state index contributed by atoms with van der Waals surface area (Å²) in [5.74, 6) is -0.163. The molecule has 0 saturated carbocycles. The van der Waals surface area contributed by atoms with Crippen LogP contribution in [0.25, 0.3) is 0 Å². The third-order valence-corrected chi connectivity index (χ3v) is 5.11. The highest BCUT2D eigenvalue weighted by Crippen LogP contribution is 2.36. The maximum atomic E-state index is 12.1. The summed E-state index contributed by atoms with van der Waals surface area (Å²) in [6.07, 6.45) is 4.84. The van der Waals surface area contributed by atoms with Gasteiger partial charge in [0.1, 0.15) is 11.5 Å². The zero-order valence-electron chi connectivity index (χ0n) is 17.6. The summed E-state index contributed by atoms with van der Waals surface area (Å²) in [5, 5.41) is 0. The number of hydrogen-bond donors (Lipinski definition) is 0. The summed E-state index contributed by atoms with van der Waals surface area (Å²) >= 11 is 0. The molecule has 0 atom stereocenters. The highest BCUT2D eigenvalue weighted by Gasteiger charge is 2.29. The topological polar surface area (TPSA) is 93.2 Å². The van der Waals surface area contributed by atoms with E-state index in [1.54, 1.807) is 72.8 Å². The summed E-state index contributed by atoms with van der Waals surface area (Å²) in [4.78, 5) is 50.4. The van der Waals surface area contributed by atoms with Crippen molar-refractivity contribution in [1.29, 1.82) is 0 Å². The number of hydrogen-bond acceptors (Lipinski definition) is 6. The Balaban J connectivity index is 1.35. The molecule has 5 rings (SSSR count). The molecule has 0 radical (unpaired) electrons. The lowest BCUT2D eigenvalue weighted by Gasteiger charge is -2.19. The van der Waals surface area contributed by atoms with Gasteiger partial charge in [0, 0.05) is 24.3 Å². The van der Waals surface area contributed by atoms with E-state index in [1.807, 2.05) is 0 Å². The van der Waals surface area contributed by atoms with E-state index in [0.717, 1.165) is 9.80 Å². The van der Waals surface area contributed by atoms with Crippen molar-refractivity contribution in [1.82, 2.24) is 0 Å². The number of benzene rings is 3. The molecule has 3 aromatic rings. The van der Waals surface area contributed by atoms with Crippen molar-refractivity contribution in [3.63, 3.8) is 0 Å². The molecule has 2 heterocycles. The zero-order valence-corrected chi connectivity index (χ0v) is 17.6. The van der Waals surface area contributed by atoms with Gasteiger partial charge in [-0.25, -0.2) is 9.80 Å². The molecule has 166 valence electrons. The van der Waals surface area contributed by atoms with Crippen LogP contribution in [0.15, 0.2) is 97.1 Å². The zero-order chi connectivity index (χ0) is 23.7.